The molecule has 0 N–H and O–H groups in total. The Balaban J connectivity index is 2.73. The molecule has 0 unspecified atom stereocenters. The lowest BCUT2D eigenvalue weighted by molar-refractivity contribution is 0.597. The van der Waals surface area contributed by atoms with Crippen molar-refractivity contribution in [1.29, 1.82) is 0 Å². The summed E-state index contributed by atoms with van der Waals surface area (Å²) in [6, 6.07) is 1.57. The smallest absolute Gasteiger partial charge is 0.180 e. The van der Waals surface area contributed by atoms with E-state index < -0.39 is 9.84 Å². The Kier molecular flexibility index (Phi) is 3.54. The van der Waals surface area contributed by atoms with Crippen LogP contribution in [0.1, 0.15) is 6.92 Å². The fourth-order valence-electron chi connectivity index (χ4n) is 1.57. The van der Waals surface area contributed by atoms with Gasteiger partial charge in [0.2, 0.25) is 0 Å². The largest absolute Gasteiger partial charge is 0.333 e. The van der Waals surface area contributed by atoms with E-state index in [1.807, 2.05) is 0 Å². The quantitative estimate of drug-likeness (QED) is 0.864. The van der Waals surface area contributed by atoms with Crippen molar-refractivity contribution in [1.82, 2.24) is 14.5 Å². The summed E-state index contributed by atoms with van der Waals surface area (Å²) in [6.45, 7) is 1.61. The minimum Gasteiger partial charge on any atom is -0.333 e. The zero-order valence-corrected chi connectivity index (χ0v) is 12.4. The first kappa shape index (κ1) is 13.2. The molecule has 0 saturated carbocycles. The van der Waals surface area contributed by atoms with Crippen molar-refractivity contribution in [3.63, 3.8) is 0 Å². The average molecular weight is 330 g/mol. The van der Waals surface area contributed by atoms with E-state index in [0.29, 0.717) is 16.0 Å². The number of aryl methyl sites for hydroxylation is 1. The molecule has 0 aliphatic heterocycles. The molecule has 7 heteroatoms. The van der Waals surface area contributed by atoms with E-state index in [0.717, 1.165) is 0 Å². The summed E-state index contributed by atoms with van der Waals surface area (Å²) in [5.41, 5.74) is 0.382. The van der Waals surface area contributed by atoms with Gasteiger partial charge in [0.15, 0.2) is 15.7 Å². The van der Waals surface area contributed by atoms with Crippen LogP contribution in [0.25, 0.3) is 11.5 Å². The fourth-order valence-corrected chi connectivity index (χ4v) is 3.11. The summed E-state index contributed by atoms with van der Waals surface area (Å²) in [6.07, 6.45) is 4.93. The Hall–Kier alpha value is -1.21. The van der Waals surface area contributed by atoms with Crippen molar-refractivity contribution in [3.05, 3.63) is 29.1 Å². The third-order valence-electron chi connectivity index (χ3n) is 2.57. The van der Waals surface area contributed by atoms with Gasteiger partial charge in [-0.1, -0.05) is 6.92 Å². The van der Waals surface area contributed by atoms with Gasteiger partial charge in [-0.3, -0.25) is 4.98 Å². The minimum absolute atomic E-state index is 0.0303. The van der Waals surface area contributed by atoms with E-state index in [1.54, 1.807) is 43.2 Å². The van der Waals surface area contributed by atoms with Crippen molar-refractivity contribution >= 4 is 25.8 Å². The fraction of sp³-hybridized carbons (Fsp3) is 0.273. The lowest BCUT2D eigenvalue weighted by Gasteiger charge is -2.08. The maximum atomic E-state index is 12.1. The molecule has 2 aromatic heterocycles. The van der Waals surface area contributed by atoms with Gasteiger partial charge in [0.05, 0.1) is 10.6 Å². The number of sulfone groups is 1. The molecule has 0 atom stereocenters. The molecular formula is C11H12BrN3O2S. The van der Waals surface area contributed by atoms with E-state index in [9.17, 15) is 8.42 Å². The molecule has 5 nitrogen and oxygen atoms in total. The zero-order chi connectivity index (χ0) is 13.3. The average Bonchev–Trinajstić information content (AvgIpc) is 2.75. The van der Waals surface area contributed by atoms with Gasteiger partial charge in [0, 0.05) is 30.1 Å². The van der Waals surface area contributed by atoms with Gasteiger partial charge < -0.3 is 4.57 Å². The van der Waals surface area contributed by atoms with Gasteiger partial charge in [-0.05, 0) is 22.0 Å². The van der Waals surface area contributed by atoms with Crippen LogP contribution in [0.5, 0.6) is 0 Å². The summed E-state index contributed by atoms with van der Waals surface area (Å²) in [7, 11) is -1.54. The maximum absolute atomic E-state index is 12.1. The number of hydrogen-bond donors (Lipinski definition) is 0. The highest BCUT2D eigenvalue weighted by molar-refractivity contribution is 9.10. The monoisotopic (exact) mass is 329 g/mol. The van der Waals surface area contributed by atoms with Crippen molar-refractivity contribution in [3.8, 4) is 11.5 Å². The molecule has 0 radical (unpaired) electrons. The maximum Gasteiger partial charge on any atom is 0.180 e. The second-order valence-electron chi connectivity index (χ2n) is 3.77. The standard InChI is InChI=1S/C11H12BrN3O2S/c1-3-18(16,17)9-6-8(12)7-14-10(9)11-13-4-5-15(11)2/h4-7H,3H2,1-2H3. The summed E-state index contributed by atoms with van der Waals surface area (Å²) in [5.74, 6) is 0.567. The van der Waals surface area contributed by atoms with Gasteiger partial charge in [0.25, 0.3) is 0 Å². The molecule has 96 valence electrons. The highest BCUT2D eigenvalue weighted by Crippen LogP contribution is 2.27. The summed E-state index contributed by atoms with van der Waals surface area (Å²) < 4.78 is 26.5. The topological polar surface area (TPSA) is 64.8 Å². The molecule has 0 fully saturated rings. The summed E-state index contributed by atoms with van der Waals surface area (Å²) >= 11 is 3.25. The molecule has 18 heavy (non-hydrogen) atoms. The van der Waals surface area contributed by atoms with E-state index in [2.05, 4.69) is 25.9 Å². The molecule has 0 bridgehead atoms. The molecule has 0 aromatic carbocycles. The van der Waals surface area contributed by atoms with Crippen LogP contribution < -0.4 is 0 Å². The summed E-state index contributed by atoms with van der Waals surface area (Å²) in [4.78, 5) is 8.53. The summed E-state index contributed by atoms with van der Waals surface area (Å²) in [5, 5.41) is 0. The van der Waals surface area contributed by atoms with Crippen LogP contribution in [0, 0.1) is 0 Å². The van der Waals surface area contributed by atoms with Crippen molar-refractivity contribution in [2.45, 2.75) is 11.8 Å². The van der Waals surface area contributed by atoms with Crippen LogP contribution in [0.2, 0.25) is 0 Å². The number of rotatable bonds is 3. The van der Waals surface area contributed by atoms with E-state index >= 15 is 0 Å². The Morgan fingerprint density at radius 3 is 2.67 bits per heavy atom. The van der Waals surface area contributed by atoms with Gasteiger partial charge in [-0.15, -0.1) is 0 Å². The number of halogens is 1. The molecule has 2 heterocycles. The first-order chi connectivity index (χ1) is 8.45. The Labute approximate surface area is 114 Å². The number of pyridine rings is 1. The number of imidazole rings is 1. The number of aromatic nitrogens is 3. The number of nitrogens with zero attached hydrogens (tertiary/aromatic N) is 3. The Morgan fingerprint density at radius 2 is 2.11 bits per heavy atom. The lowest BCUT2D eigenvalue weighted by atomic mass is 10.3. The van der Waals surface area contributed by atoms with Crippen LogP contribution >= 0.6 is 15.9 Å². The third kappa shape index (κ3) is 2.32. The van der Waals surface area contributed by atoms with Crippen LogP contribution in [0.4, 0.5) is 0 Å². The van der Waals surface area contributed by atoms with Crippen molar-refractivity contribution in [2.24, 2.45) is 7.05 Å². The van der Waals surface area contributed by atoms with Crippen LogP contribution in [0.3, 0.4) is 0 Å². The van der Waals surface area contributed by atoms with Crippen LogP contribution in [0.15, 0.2) is 34.0 Å². The molecule has 0 spiro atoms. The predicted molar refractivity (Wildman–Crippen MR) is 71.9 cm³/mol. The molecule has 2 aromatic rings. The molecule has 0 amide bonds. The number of hydrogen-bond acceptors (Lipinski definition) is 4. The third-order valence-corrected chi connectivity index (χ3v) is 4.74. The van der Waals surface area contributed by atoms with Crippen molar-refractivity contribution < 1.29 is 8.42 Å². The first-order valence-corrected chi connectivity index (χ1v) is 7.76. The zero-order valence-electron chi connectivity index (χ0n) is 9.96. The molecule has 0 saturated heterocycles. The van der Waals surface area contributed by atoms with Gasteiger partial charge in [-0.2, -0.15) is 0 Å². The molecule has 2 rings (SSSR count). The molecular weight excluding hydrogens is 318 g/mol. The SMILES string of the molecule is CCS(=O)(=O)c1cc(Br)cnc1-c1nccn1C. The first-order valence-electron chi connectivity index (χ1n) is 5.31. The van der Waals surface area contributed by atoms with Gasteiger partial charge in [-0.25, -0.2) is 13.4 Å². The Bertz CT molecular complexity index is 679. The van der Waals surface area contributed by atoms with E-state index in [1.165, 1.54) is 0 Å². The van der Waals surface area contributed by atoms with E-state index in [4.69, 9.17) is 0 Å². The minimum atomic E-state index is -3.34. The van der Waals surface area contributed by atoms with E-state index in [-0.39, 0.29) is 10.6 Å². The highest BCUT2D eigenvalue weighted by atomic mass is 79.9. The highest BCUT2D eigenvalue weighted by Gasteiger charge is 2.21. The predicted octanol–water partition coefficient (Wildman–Crippen LogP) is 2.04. The second kappa shape index (κ2) is 4.81. The van der Waals surface area contributed by atoms with Gasteiger partial charge >= 0.3 is 0 Å². The van der Waals surface area contributed by atoms with Crippen molar-refractivity contribution in [2.75, 3.05) is 5.75 Å². The lowest BCUT2D eigenvalue weighted by Crippen LogP contribution is -2.08. The normalized spacial score (nSPS) is 11.7. The van der Waals surface area contributed by atoms with Crippen LogP contribution in [-0.2, 0) is 16.9 Å². The second-order valence-corrected chi connectivity index (χ2v) is 6.93. The Morgan fingerprint density at radius 1 is 1.39 bits per heavy atom. The van der Waals surface area contributed by atoms with Crippen LogP contribution in [-0.4, -0.2) is 28.7 Å². The molecule has 0 aliphatic rings. The molecule has 0 aliphatic carbocycles. The van der Waals surface area contributed by atoms with Gasteiger partial charge in [0.1, 0.15) is 5.69 Å².